The van der Waals surface area contributed by atoms with E-state index in [9.17, 15) is 4.79 Å². The van der Waals surface area contributed by atoms with Gasteiger partial charge in [-0.2, -0.15) is 0 Å². The molecule has 2 rings (SSSR count). The molecule has 1 fully saturated rings. The van der Waals surface area contributed by atoms with E-state index in [0.29, 0.717) is 0 Å². The van der Waals surface area contributed by atoms with Crippen LogP contribution in [0, 0.1) is 0 Å². The molecule has 0 aliphatic carbocycles. The number of benzene rings is 1. The summed E-state index contributed by atoms with van der Waals surface area (Å²) < 4.78 is 0. The van der Waals surface area contributed by atoms with Crippen molar-refractivity contribution >= 4 is 5.91 Å². The van der Waals surface area contributed by atoms with Gasteiger partial charge >= 0.3 is 0 Å². The second kappa shape index (κ2) is 3.66. The molecule has 0 radical (unpaired) electrons. The molecule has 1 amide bonds. The largest absolute Gasteiger partial charge is 0.330 e. The maximum Gasteiger partial charge on any atom is 0.251 e. The average Bonchev–Trinajstić information content (AvgIpc) is 2.24. The van der Waals surface area contributed by atoms with Gasteiger partial charge in [0.05, 0.1) is 6.54 Å². The molecular weight excluding hydrogens is 174 g/mol. The summed E-state index contributed by atoms with van der Waals surface area (Å²) >= 11 is 0. The fourth-order valence-electron chi connectivity index (χ4n) is 1.60. The second-order valence-corrected chi connectivity index (χ2v) is 3.46. The van der Waals surface area contributed by atoms with Gasteiger partial charge in [0.15, 0.2) is 0 Å². The van der Waals surface area contributed by atoms with E-state index in [1.165, 1.54) is 5.56 Å². The highest BCUT2D eigenvalue weighted by atomic mass is 16.2. The lowest BCUT2D eigenvalue weighted by Gasteiger charge is -2.33. The van der Waals surface area contributed by atoms with Crippen LogP contribution in [0.1, 0.15) is 12.5 Å². The number of hydrogen-bond donors (Lipinski definition) is 0. The lowest BCUT2D eigenvalue weighted by Crippen LogP contribution is -2.45. The van der Waals surface area contributed by atoms with Gasteiger partial charge < -0.3 is 4.90 Å². The Bertz CT molecular complexity index is 367. The normalized spacial score (nSPS) is 18.5. The van der Waals surface area contributed by atoms with Gasteiger partial charge in [-0.25, -0.2) is 0 Å². The Morgan fingerprint density at radius 2 is 2.07 bits per heavy atom. The summed E-state index contributed by atoms with van der Waals surface area (Å²) in [6.45, 7) is 3.44. The van der Waals surface area contributed by atoms with E-state index in [4.69, 9.17) is 0 Å². The van der Waals surface area contributed by atoms with Crippen molar-refractivity contribution in [2.24, 2.45) is 0 Å². The summed E-state index contributed by atoms with van der Waals surface area (Å²) in [5.41, 5.74) is 2.12. The fourth-order valence-corrected chi connectivity index (χ4v) is 1.60. The Labute approximate surface area is 83.8 Å². The van der Waals surface area contributed by atoms with E-state index in [1.54, 1.807) is 0 Å². The van der Waals surface area contributed by atoms with Crippen molar-refractivity contribution in [1.82, 2.24) is 4.90 Å². The summed E-state index contributed by atoms with van der Waals surface area (Å²) in [5, 5.41) is 0. The summed E-state index contributed by atoms with van der Waals surface area (Å²) in [6, 6.07) is 10.1. The van der Waals surface area contributed by atoms with Crippen molar-refractivity contribution < 1.29 is 4.79 Å². The van der Waals surface area contributed by atoms with E-state index < -0.39 is 0 Å². The zero-order valence-corrected chi connectivity index (χ0v) is 8.23. The molecule has 0 N–H and O–H groups in total. The zero-order valence-electron chi connectivity index (χ0n) is 8.23. The van der Waals surface area contributed by atoms with Crippen molar-refractivity contribution in [3.63, 3.8) is 0 Å². The zero-order chi connectivity index (χ0) is 9.97. The third kappa shape index (κ3) is 1.55. The lowest BCUT2D eigenvalue weighted by molar-refractivity contribution is -0.133. The molecule has 0 aromatic heterocycles. The van der Waals surface area contributed by atoms with Gasteiger partial charge in [-0.3, -0.25) is 4.79 Å². The number of rotatable bonds is 2. The van der Waals surface area contributed by atoms with Crippen LogP contribution in [0.5, 0.6) is 0 Å². The smallest absolute Gasteiger partial charge is 0.251 e. The van der Waals surface area contributed by atoms with Crippen molar-refractivity contribution in [3.8, 4) is 0 Å². The Balaban J connectivity index is 1.99. The number of allylic oxidation sites excluding steroid dienone is 1. The second-order valence-electron chi connectivity index (χ2n) is 3.46. The first-order valence-electron chi connectivity index (χ1n) is 4.79. The number of likely N-dealkylation sites (tertiary alicyclic amines) is 1. The Kier molecular flexibility index (Phi) is 2.35. The minimum Gasteiger partial charge on any atom is -0.330 e. The number of hydrogen-bond acceptors (Lipinski definition) is 1. The lowest BCUT2D eigenvalue weighted by atomic mass is 10.1. The van der Waals surface area contributed by atoms with Gasteiger partial charge in [-0.05, 0) is 12.5 Å². The van der Waals surface area contributed by atoms with Gasteiger partial charge in [0.2, 0.25) is 0 Å². The van der Waals surface area contributed by atoms with Crippen molar-refractivity contribution in [3.05, 3.63) is 47.5 Å². The molecule has 1 heterocycles. The molecule has 0 bridgehead atoms. The van der Waals surface area contributed by atoms with E-state index in [0.717, 1.165) is 18.7 Å². The van der Waals surface area contributed by atoms with Crippen LogP contribution in [-0.2, 0) is 11.3 Å². The topological polar surface area (TPSA) is 20.3 Å². The average molecular weight is 187 g/mol. The van der Waals surface area contributed by atoms with E-state index in [1.807, 2.05) is 48.2 Å². The van der Waals surface area contributed by atoms with E-state index >= 15 is 0 Å². The molecule has 2 heteroatoms. The van der Waals surface area contributed by atoms with Crippen LogP contribution >= 0.6 is 0 Å². The highest BCUT2D eigenvalue weighted by Crippen LogP contribution is 2.18. The molecule has 72 valence electrons. The van der Waals surface area contributed by atoms with Crippen molar-refractivity contribution in [2.45, 2.75) is 13.5 Å². The van der Waals surface area contributed by atoms with Crippen LogP contribution in [0.15, 0.2) is 42.0 Å². The van der Waals surface area contributed by atoms with E-state index in [-0.39, 0.29) is 5.91 Å². The van der Waals surface area contributed by atoms with Gasteiger partial charge in [0.25, 0.3) is 5.91 Å². The maximum atomic E-state index is 11.5. The monoisotopic (exact) mass is 187 g/mol. The van der Waals surface area contributed by atoms with Crippen LogP contribution in [0.2, 0.25) is 0 Å². The van der Waals surface area contributed by atoms with Crippen LogP contribution in [-0.4, -0.2) is 17.4 Å². The first-order chi connectivity index (χ1) is 6.81. The summed E-state index contributed by atoms with van der Waals surface area (Å²) in [4.78, 5) is 13.3. The first kappa shape index (κ1) is 9.00. The van der Waals surface area contributed by atoms with Gasteiger partial charge in [-0.15, -0.1) is 0 Å². The number of nitrogens with zero attached hydrogens (tertiary/aromatic N) is 1. The van der Waals surface area contributed by atoms with Gasteiger partial charge in [-0.1, -0.05) is 36.4 Å². The SMILES string of the molecule is C/C=C1/CN(Cc2ccccc2)C1=O. The third-order valence-corrected chi connectivity index (χ3v) is 2.49. The molecule has 0 spiro atoms. The number of carbonyl (C=O) groups excluding carboxylic acids is 1. The first-order valence-corrected chi connectivity index (χ1v) is 4.79. The fraction of sp³-hybridized carbons (Fsp3) is 0.250. The molecule has 14 heavy (non-hydrogen) atoms. The predicted molar refractivity (Wildman–Crippen MR) is 55.6 cm³/mol. The van der Waals surface area contributed by atoms with Crippen LogP contribution in [0.3, 0.4) is 0 Å². The summed E-state index contributed by atoms with van der Waals surface area (Å²) in [5.74, 6) is 0.177. The molecular formula is C12H13NO. The summed E-state index contributed by atoms with van der Waals surface area (Å²) in [6.07, 6.45) is 1.89. The Morgan fingerprint density at radius 3 is 2.64 bits per heavy atom. The molecule has 1 saturated heterocycles. The quantitative estimate of drug-likeness (QED) is 0.512. The maximum absolute atomic E-state index is 11.5. The molecule has 1 aliphatic heterocycles. The Hall–Kier alpha value is -1.57. The number of β-lactam (4-membered cyclic amide) rings is 1. The highest BCUT2D eigenvalue weighted by Gasteiger charge is 2.28. The predicted octanol–water partition coefficient (Wildman–Crippen LogP) is 1.98. The Morgan fingerprint density at radius 1 is 1.36 bits per heavy atom. The van der Waals surface area contributed by atoms with Gasteiger partial charge in [0, 0.05) is 12.1 Å². The molecule has 0 atom stereocenters. The van der Waals surface area contributed by atoms with Crippen LogP contribution < -0.4 is 0 Å². The third-order valence-electron chi connectivity index (χ3n) is 2.49. The number of carbonyl (C=O) groups is 1. The molecule has 1 aromatic carbocycles. The molecule has 1 aromatic rings. The number of amides is 1. The molecule has 2 nitrogen and oxygen atoms in total. The van der Waals surface area contributed by atoms with Crippen LogP contribution in [0.25, 0.3) is 0 Å². The van der Waals surface area contributed by atoms with Crippen LogP contribution in [0.4, 0.5) is 0 Å². The van der Waals surface area contributed by atoms with Crippen molar-refractivity contribution in [1.29, 1.82) is 0 Å². The standard InChI is InChI=1S/C12H13NO/c1-2-11-9-13(12(11)14)8-10-6-4-3-5-7-10/h2-7H,8-9H2,1H3/b11-2-. The minimum absolute atomic E-state index is 0.177. The van der Waals surface area contributed by atoms with Crippen molar-refractivity contribution in [2.75, 3.05) is 6.54 Å². The summed E-state index contributed by atoms with van der Waals surface area (Å²) in [7, 11) is 0. The highest BCUT2D eigenvalue weighted by molar-refractivity contribution is 6.00. The minimum atomic E-state index is 0.177. The van der Waals surface area contributed by atoms with E-state index in [2.05, 4.69) is 0 Å². The molecule has 0 unspecified atom stereocenters. The van der Waals surface area contributed by atoms with Gasteiger partial charge in [0.1, 0.15) is 0 Å². The molecule has 0 saturated carbocycles. The molecule has 1 aliphatic rings.